The molecule has 3 aromatic heterocycles. The van der Waals surface area contributed by atoms with Crippen LogP contribution in [0.3, 0.4) is 0 Å². The Morgan fingerprint density at radius 2 is 2.03 bits per heavy atom. The second-order valence-electron chi connectivity index (χ2n) is 6.13. The molecule has 0 aliphatic rings. The van der Waals surface area contributed by atoms with Crippen LogP contribution >= 0.6 is 11.8 Å². The molecule has 1 aromatic carbocycles. The topological polar surface area (TPSA) is 78.6 Å². The van der Waals surface area contributed by atoms with Gasteiger partial charge in [0.2, 0.25) is 11.0 Å². The first kappa shape index (κ1) is 19.1. The molecule has 148 valence electrons. The van der Waals surface area contributed by atoms with Crippen LogP contribution in [-0.4, -0.2) is 26.8 Å². The molecule has 4 rings (SSSR count). The minimum Gasteiger partial charge on any atom is -0.485 e. The molecule has 0 aliphatic heterocycles. The summed E-state index contributed by atoms with van der Waals surface area (Å²) in [5.74, 6) is 4.16. The fourth-order valence-electron chi connectivity index (χ4n) is 2.67. The van der Waals surface area contributed by atoms with E-state index in [9.17, 15) is 0 Å². The smallest absolute Gasteiger partial charge is 0.221 e. The van der Waals surface area contributed by atoms with Crippen molar-refractivity contribution in [2.45, 2.75) is 25.6 Å². The molecular formula is C21H20N4O3S. The highest BCUT2D eigenvalue weighted by molar-refractivity contribution is 7.99. The maximum atomic E-state index is 5.83. The van der Waals surface area contributed by atoms with Gasteiger partial charge in [-0.05, 0) is 48.6 Å². The summed E-state index contributed by atoms with van der Waals surface area (Å²) < 4.78 is 18.7. The van der Waals surface area contributed by atoms with Crippen LogP contribution in [0.1, 0.15) is 24.0 Å². The average molecular weight is 408 g/mol. The third kappa shape index (κ3) is 4.43. The Labute approximate surface area is 172 Å². The van der Waals surface area contributed by atoms with Crippen LogP contribution in [-0.2, 0) is 6.61 Å². The fraction of sp³-hybridized carbons (Fsp3) is 0.190. The SMILES string of the molecule is CCSc1nnc(-c2ccco2)n1N=Cc1ccc(COc2ccccc2C)o1. The molecule has 0 bridgehead atoms. The molecule has 4 aromatic rings. The highest BCUT2D eigenvalue weighted by Gasteiger charge is 2.15. The molecule has 0 fully saturated rings. The van der Waals surface area contributed by atoms with Crippen LogP contribution in [0.2, 0.25) is 0 Å². The van der Waals surface area contributed by atoms with Crippen molar-refractivity contribution in [1.29, 1.82) is 0 Å². The van der Waals surface area contributed by atoms with Gasteiger partial charge < -0.3 is 13.6 Å². The summed E-state index contributed by atoms with van der Waals surface area (Å²) >= 11 is 1.55. The number of ether oxygens (including phenoxy) is 1. The van der Waals surface area contributed by atoms with Crippen molar-refractivity contribution in [3.8, 4) is 17.3 Å². The van der Waals surface area contributed by atoms with Gasteiger partial charge in [0.25, 0.3) is 0 Å². The lowest BCUT2D eigenvalue weighted by molar-refractivity contribution is 0.268. The van der Waals surface area contributed by atoms with Gasteiger partial charge in [0.15, 0.2) is 5.76 Å². The second-order valence-corrected chi connectivity index (χ2v) is 7.36. The Bertz CT molecular complexity index is 1100. The monoisotopic (exact) mass is 408 g/mol. The quantitative estimate of drug-likeness (QED) is 0.301. The van der Waals surface area contributed by atoms with Gasteiger partial charge in [0, 0.05) is 0 Å². The second kappa shape index (κ2) is 8.83. The summed E-state index contributed by atoms with van der Waals surface area (Å²) in [6, 6.07) is 15.2. The van der Waals surface area contributed by atoms with E-state index in [1.54, 1.807) is 35.0 Å². The van der Waals surface area contributed by atoms with Crippen LogP contribution in [0.4, 0.5) is 0 Å². The Morgan fingerprint density at radius 3 is 2.83 bits per heavy atom. The zero-order chi connectivity index (χ0) is 20.1. The van der Waals surface area contributed by atoms with E-state index >= 15 is 0 Å². The van der Waals surface area contributed by atoms with E-state index in [4.69, 9.17) is 13.6 Å². The molecule has 29 heavy (non-hydrogen) atoms. The van der Waals surface area contributed by atoms with Gasteiger partial charge in [-0.1, -0.05) is 36.9 Å². The first-order valence-corrected chi connectivity index (χ1v) is 10.2. The number of furan rings is 2. The molecule has 3 heterocycles. The van der Waals surface area contributed by atoms with Gasteiger partial charge >= 0.3 is 0 Å². The molecule has 0 amide bonds. The Morgan fingerprint density at radius 1 is 1.14 bits per heavy atom. The lowest BCUT2D eigenvalue weighted by Crippen LogP contribution is -1.96. The third-order valence-electron chi connectivity index (χ3n) is 4.07. The van der Waals surface area contributed by atoms with Gasteiger partial charge in [-0.3, -0.25) is 0 Å². The number of benzene rings is 1. The summed E-state index contributed by atoms with van der Waals surface area (Å²) in [5.41, 5.74) is 1.08. The molecule has 8 heteroatoms. The van der Waals surface area contributed by atoms with Crippen molar-refractivity contribution in [2.24, 2.45) is 5.10 Å². The lowest BCUT2D eigenvalue weighted by Gasteiger charge is -2.06. The van der Waals surface area contributed by atoms with E-state index in [1.165, 1.54) is 0 Å². The van der Waals surface area contributed by atoms with Crippen LogP contribution in [0, 0.1) is 6.92 Å². The van der Waals surface area contributed by atoms with Gasteiger partial charge in [-0.15, -0.1) is 10.2 Å². The van der Waals surface area contributed by atoms with Gasteiger partial charge in [-0.2, -0.15) is 9.78 Å². The number of nitrogens with zero attached hydrogens (tertiary/aromatic N) is 4. The standard InChI is InChI=1S/C21H20N4O3S/c1-3-29-21-24-23-20(19-9-6-12-26-19)25(21)22-13-16-10-11-17(28-16)14-27-18-8-5-4-7-15(18)2/h4-13H,3,14H2,1-2H3. The van der Waals surface area contributed by atoms with Crippen LogP contribution in [0.25, 0.3) is 11.6 Å². The number of thioether (sulfide) groups is 1. The summed E-state index contributed by atoms with van der Waals surface area (Å²) in [7, 11) is 0. The fourth-order valence-corrected chi connectivity index (χ4v) is 3.28. The van der Waals surface area contributed by atoms with E-state index in [2.05, 4.69) is 15.3 Å². The summed E-state index contributed by atoms with van der Waals surface area (Å²) in [6.45, 7) is 4.41. The normalized spacial score (nSPS) is 11.4. The molecule has 0 N–H and O–H groups in total. The first-order chi connectivity index (χ1) is 14.2. The van der Waals surface area contributed by atoms with Crippen molar-refractivity contribution < 1.29 is 13.6 Å². The molecule has 0 saturated heterocycles. The van der Waals surface area contributed by atoms with Crippen LogP contribution in [0.15, 0.2) is 73.9 Å². The first-order valence-electron chi connectivity index (χ1n) is 9.18. The van der Waals surface area contributed by atoms with E-state index in [0.717, 1.165) is 17.1 Å². The number of hydrogen-bond donors (Lipinski definition) is 0. The highest BCUT2D eigenvalue weighted by atomic mass is 32.2. The number of rotatable bonds is 8. The predicted molar refractivity (Wildman–Crippen MR) is 111 cm³/mol. The molecule has 0 saturated carbocycles. The number of hydrogen-bond acceptors (Lipinski definition) is 7. The third-order valence-corrected chi connectivity index (χ3v) is 4.87. The number of para-hydroxylation sites is 1. The predicted octanol–water partition coefficient (Wildman–Crippen LogP) is 5.01. The number of aryl methyl sites for hydroxylation is 1. The maximum Gasteiger partial charge on any atom is 0.221 e. The summed E-state index contributed by atoms with van der Waals surface area (Å²) in [4.78, 5) is 0. The molecule has 0 spiro atoms. The molecule has 0 atom stereocenters. The Hall–Kier alpha value is -3.26. The van der Waals surface area contributed by atoms with E-state index < -0.39 is 0 Å². The number of aromatic nitrogens is 3. The maximum absolute atomic E-state index is 5.83. The van der Waals surface area contributed by atoms with E-state index in [0.29, 0.717) is 34.9 Å². The molecule has 0 aliphatic carbocycles. The molecule has 0 radical (unpaired) electrons. The van der Waals surface area contributed by atoms with Crippen molar-refractivity contribution in [1.82, 2.24) is 14.9 Å². The van der Waals surface area contributed by atoms with Crippen LogP contribution < -0.4 is 4.74 Å². The van der Waals surface area contributed by atoms with Crippen molar-refractivity contribution in [3.05, 3.63) is 71.9 Å². The Balaban J connectivity index is 1.50. The Kier molecular flexibility index (Phi) is 5.81. The summed E-state index contributed by atoms with van der Waals surface area (Å²) in [5, 5.41) is 13.6. The largest absolute Gasteiger partial charge is 0.485 e. The minimum atomic E-state index is 0.347. The molecule has 0 unspecified atom stereocenters. The van der Waals surface area contributed by atoms with Crippen molar-refractivity contribution >= 4 is 18.0 Å². The zero-order valence-corrected chi connectivity index (χ0v) is 16.9. The average Bonchev–Trinajstić information content (AvgIpc) is 3.47. The van der Waals surface area contributed by atoms with Crippen LogP contribution in [0.5, 0.6) is 5.75 Å². The van der Waals surface area contributed by atoms with E-state index in [-0.39, 0.29) is 0 Å². The van der Waals surface area contributed by atoms with Gasteiger partial charge in [-0.25, -0.2) is 0 Å². The molecule has 7 nitrogen and oxygen atoms in total. The van der Waals surface area contributed by atoms with Gasteiger partial charge in [0.1, 0.15) is 23.9 Å². The van der Waals surface area contributed by atoms with E-state index in [1.807, 2.05) is 56.3 Å². The lowest BCUT2D eigenvalue weighted by atomic mass is 10.2. The summed E-state index contributed by atoms with van der Waals surface area (Å²) in [6.07, 6.45) is 3.23. The van der Waals surface area contributed by atoms with Crippen molar-refractivity contribution in [2.75, 3.05) is 5.75 Å². The molecular weight excluding hydrogens is 388 g/mol. The van der Waals surface area contributed by atoms with Crippen molar-refractivity contribution in [3.63, 3.8) is 0 Å². The van der Waals surface area contributed by atoms with Gasteiger partial charge in [0.05, 0.1) is 12.5 Å². The highest BCUT2D eigenvalue weighted by Crippen LogP contribution is 2.24. The minimum absolute atomic E-state index is 0.347. The zero-order valence-electron chi connectivity index (χ0n) is 16.1.